The third-order valence-corrected chi connectivity index (χ3v) is 3.09. The maximum absolute atomic E-state index is 5.46. The van der Waals surface area contributed by atoms with Crippen molar-refractivity contribution in [3.05, 3.63) is 18.1 Å². The molecule has 1 saturated carbocycles. The Morgan fingerprint density at radius 2 is 2.39 bits per heavy atom. The number of hydrogen-bond acceptors (Lipinski definition) is 4. The van der Waals surface area contributed by atoms with Crippen LogP contribution in [0.1, 0.15) is 25.3 Å². The van der Waals surface area contributed by atoms with Gasteiger partial charge in [-0.2, -0.15) is 0 Å². The number of hydrogen-bond donors (Lipinski definition) is 1. The van der Waals surface area contributed by atoms with E-state index >= 15 is 0 Å². The van der Waals surface area contributed by atoms with E-state index in [0.717, 1.165) is 36.9 Å². The van der Waals surface area contributed by atoms with Crippen LogP contribution in [-0.2, 0) is 6.54 Å². The van der Waals surface area contributed by atoms with Gasteiger partial charge in [0.05, 0.1) is 6.54 Å². The van der Waals surface area contributed by atoms with Crippen LogP contribution in [0.25, 0.3) is 0 Å². The standard InChI is InChI=1S/C14H20N4/c1-3-7-18(10-12-5-6-12)14-13(8-15-4-2)9-16-11-17-14/h1,9,11-12,15H,4-8,10H2,2H3. The molecule has 0 radical (unpaired) electrons. The Kier molecular flexibility index (Phi) is 4.54. The summed E-state index contributed by atoms with van der Waals surface area (Å²) in [6.07, 6.45) is 11.6. The second-order valence-corrected chi connectivity index (χ2v) is 4.68. The Morgan fingerprint density at radius 1 is 1.56 bits per heavy atom. The number of anilines is 1. The Morgan fingerprint density at radius 3 is 3.06 bits per heavy atom. The molecule has 96 valence electrons. The molecule has 1 aromatic rings. The van der Waals surface area contributed by atoms with Gasteiger partial charge in [0.1, 0.15) is 12.1 Å². The summed E-state index contributed by atoms with van der Waals surface area (Å²) in [5.41, 5.74) is 1.12. The van der Waals surface area contributed by atoms with Crippen molar-refractivity contribution in [2.45, 2.75) is 26.3 Å². The monoisotopic (exact) mass is 244 g/mol. The van der Waals surface area contributed by atoms with Crippen molar-refractivity contribution >= 4 is 5.82 Å². The predicted molar refractivity (Wildman–Crippen MR) is 73.2 cm³/mol. The normalized spacial score (nSPS) is 14.2. The van der Waals surface area contributed by atoms with Gasteiger partial charge in [0.15, 0.2) is 0 Å². The van der Waals surface area contributed by atoms with Crippen LogP contribution in [0.4, 0.5) is 5.82 Å². The molecule has 0 saturated heterocycles. The number of nitrogens with zero attached hydrogens (tertiary/aromatic N) is 3. The molecule has 0 aliphatic heterocycles. The molecular weight excluding hydrogens is 224 g/mol. The molecule has 0 bridgehead atoms. The zero-order valence-corrected chi connectivity index (χ0v) is 10.9. The summed E-state index contributed by atoms with van der Waals surface area (Å²) in [6.45, 7) is 5.45. The van der Waals surface area contributed by atoms with E-state index in [1.54, 1.807) is 6.33 Å². The average molecular weight is 244 g/mol. The minimum absolute atomic E-state index is 0.618. The second-order valence-electron chi connectivity index (χ2n) is 4.68. The molecule has 1 aliphatic carbocycles. The van der Waals surface area contributed by atoms with Crippen LogP contribution in [0, 0.1) is 18.3 Å². The van der Waals surface area contributed by atoms with Crippen LogP contribution in [0.15, 0.2) is 12.5 Å². The van der Waals surface area contributed by atoms with E-state index in [9.17, 15) is 0 Å². The fraction of sp³-hybridized carbons (Fsp3) is 0.571. The van der Waals surface area contributed by atoms with Crippen molar-refractivity contribution in [1.29, 1.82) is 0 Å². The molecule has 4 nitrogen and oxygen atoms in total. The van der Waals surface area contributed by atoms with Gasteiger partial charge in [-0.25, -0.2) is 9.97 Å². The van der Waals surface area contributed by atoms with Crippen LogP contribution in [0.2, 0.25) is 0 Å². The topological polar surface area (TPSA) is 41.1 Å². The second kappa shape index (κ2) is 6.36. The highest BCUT2D eigenvalue weighted by Crippen LogP contribution is 2.31. The lowest BCUT2D eigenvalue weighted by atomic mass is 10.2. The van der Waals surface area contributed by atoms with E-state index in [1.807, 2.05) is 6.20 Å². The SMILES string of the molecule is C#CCN(CC1CC1)c1ncncc1CNCC. The summed E-state index contributed by atoms with van der Waals surface area (Å²) in [5, 5.41) is 3.31. The predicted octanol–water partition coefficient (Wildman–Crippen LogP) is 1.44. The van der Waals surface area contributed by atoms with E-state index in [2.05, 4.69) is 33.0 Å². The Balaban J connectivity index is 2.13. The lowest BCUT2D eigenvalue weighted by Crippen LogP contribution is -2.29. The van der Waals surface area contributed by atoms with Crippen LogP contribution in [0.5, 0.6) is 0 Å². The van der Waals surface area contributed by atoms with Crippen LogP contribution < -0.4 is 10.2 Å². The fourth-order valence-corrected chi connectivity index (χ4v) is 1.97. The van der Waals surface area contributed by atoms with Crippen molar-refractivity contribution in [2.24, 2.45) is 5.92 Å². The maximum Gasteiger partial charge on any atom is 0.137 e. The van der Waals surface area contributed by atoms with Gasteiger partial charge in [-0.3, -0.25) is 0 Å². The summed E-state index contributed by atoms with van der Waals surface area (Å²) in [5.74, 6) is 4.50. The van der Waals surface area contributed by atoms with Gasteiger partial charge in [0.25, 0.3) is 0 Å². The average Bonchev–Trinajstić information content (AvgIpc) is 3.20. The van der Waals surface area contributed by atoms with E-state index in [0.29, 0.717) is 6.54 Å². The molecule has 2 rings (SSSR count). The molecule has 1 heterocycles. The van der Waals surface area contributed by atoms with Gasteiger partial charge in [-0.1, -0.05) is 12.8 Å². The number of nitrogens with one attached hydrogen (secondary N) is 1. The molecule has 0 unspecified atom stereocenters. The lowest BCUT2D eigenvalue weighted by molar-refractivity contribution is 0.702. The first-order valence-electron chi connectivity index (χ1n) is 6.53. The number of rotatable bonds is 7. The lowest BCUT2D eigenvalue weighted by Gasteiger charge is -2.23. The molecular formula is C14H20N4. The van der Waals surface area contributed by atoms with Gasteiger partial charge in [-0.15, -0.1) is 6.42 Å². The molecule has 4 heteroatoms. The van der Waals surface area contributed by atoms with Gasteiger partial charge >= 0.3 is 0 Å². The summed E-state index contributed by atoms with van der Waals surface area (Å²) >= 11 is 0. The fourth-order valence-electron chi connectivity index (χ4n) is 1.97. The van der Waals surface area contributed by atoms with E-state index in [-0.39, 0.29) is 0 Å². The van der Waals surface area contributed by atoms with Gasteiger partial charge in [-0.05, 0) is 25.3 Å². The zero-order valence-electron chi connectivity index (χ0n) is 10.9. The molecule has 0 atom stereocenters. The van der Waals surface area contributed by atoms with Crippen molar-refractivity contribution in [3.63, 3.8) is 0 Å². The molecule has 18 heavy (non-hydrogen) atoms. The first kappa shape index (κ1) is 12.8. The summed E-state index contributed by atoms with van der Waals surface area (Å²) in [4.78, 5) is 10.7. The Hall–Kier alpha value is -1.60. The third kappa shape index (κ3) is 3.44. The van der Waals surface area contributed by atoms with Crippen molar-refractivity contribution in [1.82, 2.24) is 15.3 Å². The van der Waals surface area contributed by atoms with Crippen molar-refractivity contribution < 1.29 is 0 Å². The molecule has 1 fully saturated rings. The van der Waals surface area contributed by atoms with Crippen LogP contribution >= 0.6 is 0 Å². The molecule has 1 N–H and O–H groups in total. The van der Waals surface area contributed by atoms with Crippen molar-refractivity contribution in [2.75, 3.05) is 24.5 Å². The van der Waals surface area contributed by atoms with Gasteiger partial charge in [0, 0.05) is 24.8 Å². The highest BCUT2D eigenvalue weighted by molar-refractivity contribution is 5.46. The highest BCUT2D eigenvalue weighted by atomic mass is 15.2. The Bertz CT molecular complexity index is 420. The highest BCUT2D eigenvalue weighted by Gasteiger charge is 2.25. The zero-order chi connectivity index (χ0) is 12.8. The maximum atomic E-state index is 5.46. The molecule has 0 amide bonds. The molecule has 1 aromatic heterocycles. The van der Waals surface area contributed by atoms with E-state index in [4.69, 9.17) is 6.42 Å². The first-order chi connectivity index (χ1) is 8.85. The number of terminal acetylenes is 1. The van der Waals surface area contributed by atoms with Crippen LogP contribution in [-0.4, -0.2) is 29.6 Å². The minimum atomic E-state index is 0.618. The largest absolute Gasteiger partial charge is 0.345 e. The van der Waals surface area contributed by atoms with Crippen LogP contribution in [0.3, 0.4) is 0 Å². The third-order valence-electron chi connectivity index (χ3n) is 3.09. The number of aromatic nitrogens is 2. The van der Waals surface area contributed by atoms with Gasteiger partial charge in [0.2, 0.25) is 0 Å². The van der Waals surface area contributed by atoms with E-state index in [1.165, 1.54) is 12.8 Å². The smallest absolute Gasteiger partial charge is 0.137 e. The van der Waals surface area contributed by atoms with Gasteiger partial charge < -0.3 is 10.2 Å². The minimum Gasteiger partial charge on any atom is -0.345 e. The molecule has 0 spiro atoms. The quantitative estimate of drug-likeness (QED) is 0.737. The first-order valence-corrected chi connectivity index (χ1v) is 6.53. The molecule has 0 aromatic carbocycles. The summed E-state index contributed by atoms with van der Waals surface area (Å²) in [7, 11) is 0. The summed E-state index contributed by atoms with van der Waals surface area (Å²) in [6, 6.07) is 0. The molecule has 1 aliphatic rings. The van der Waals surface area contributed by atoms with Crippen molar-refractivity contribution in [3.8, 4) is 12.3 Å². The van der Waals surface area contributed by atoms with E-state index < -0.39 is 0 Å². The summed E-state index contributed by atoms with van der Waals surface area (Å²) < 4.78 is 0. The Labute approximate surface area is 109 Å².